The van der Waals surface area contributed by atoms with Gasteiger partial charge in [-0.05, 0) is 30.7 Å². The predicted octanol–water partition coefficient (Wildman–Crippen LogP) is 1.33. The van der Waals surface area contributed by atoms with Crippen molar-refractivity contribution < 1.29 is 17.9 Å². The molecule has 22 heavy (non-hydrogen) atoms. The van der Waals surface area contributed by atoms with Gasteiger partial charge in [0.05, 0.1) is 11.5 Å². The molecule has 0 radical (unpaired) electrons. The molecule has 1 aliphatic rings. The van der Waals surface area contributed by atoms with Crippen LogP contribution in [0.2, 0.25) is 0 Å². The number of hydrogen-bond acceptors (Lipinski definition) is 4. The number of piperazine rings is 1. The second-order valence-corrected chi connectivity index (χ2v) is 7.16. The van der Waals surface area contributed by atoms with E-state index in [1.807, 2.05) is 0 Å². The van der Waals surface area contributed by atoms with E-state index < -0.39 is 10.0 Å². The van der Waals surface area contributed by atoms with Gasteiger partial charge in [0.2, 0.25) is 16.4 Å². The van der Waals surface area contributed by atoms with Crippen molar-refractivity contribution in [1.29, 1.82) is 0 Å². The van der Waals surface area contributed by atoms with Gasteiger partial charge in [0.15, 0.2) is 0 Å². The Labute approximate surface area is 131 Å². The lowest BCUT2D eigenvalue weighted by Gasteiger charge is -2.31. The van der Waals surface area contributed by atoms with Crippen LogP contribution in [0.25, 0.3) is 0 Å². The molecular weight excluding hydrogens is 304 g/mol. The van der Waals surface area contributed by atoms with Gasteiger partial charge in [-0.1, -0.05) is 13.3 Å². The van der Waals surface area contributed by atoms with E-state index in [-0.39, 0.29) is 4.90 Å². The molecule has 1 amide bonds. The SMILES string of the molecule is CCCCOc1ccc(S(=O)(=O)N2CCN(C=O)CC2)cc1. The lowest BCUT2D eigenvalue weighted by Crippen LogP contribution is -2.47. The predicted molar refractivity (Wildman–Crippen MR) is 83.2 cm³/mol. The maximum atomic E-state index is 12.5. The number of nitrogens with zero attached hydrogens (tertiary/aromatic N) is 2. The van der Waals surface area contributed by atoms with E-state index >= 15 is 0 Å². The van der Waals surface area contributed by atoms with Crippen molar-refractivity contribution in [2.24, 2.45) is 0 Å². The molecule has 0 aliphatic carbocycles. The van der Waals surface area contributed by atoms with Gasteiger partial charge in [0, 0.05) is 26.2 Å². The van der Waals surface area contributed by atoms with Crippen LogP contribution in [-0.2, 0) is 14.8 Å². The summed E-state index contributed by atoms with van der Waals surface area (Å²) in [6.45, 7) is 4.24. The molecule has 0 spiro atoms. The van der Waals surface area contributed by atoms with Gasteiger partial charge < -0.3 is 9.64 Å². The van der Waals surface area contributed by atoms with Crippen LogP contribution in [0.5, 0.6) is 5.75 Å². The third-order valence-corrected chi connectivity index (χ3v) is 5.56. The maximum absolute atomic E-state index is 12.5. The molecule has 1 fully saturated rings. The molecule has 6 nitrogen and oxygen atoms in total. The van der Waals surface area contributed by atoms with Gasteiger partial charge in [-0.25, -0.2) is 8.42 Å². The van der Waals surface area contributed by atoms with E-state index in [0.29, 0.717) is 38.5 Å². The molecule has 122 valence electrons. The van der Waals surface area contributed by atoms with E-state index in [9.17, 15) is 13.2 Å². The number of ether oxygens (including phenoxy) is 1. The highest BCUT2D eigenvalue weighted by Crippen LogP contribution is 2.20. The maximum Gasteiger partial charge on any atom is 0.243 e. The third-order valence-electron chi connectivity index (χ3n) is 3.65. The highest BCUT2D eigenvalue weighted by Gasteiger charge is 2.27. The summed E-state index contributed by atoms with van der Waals surface area (Å²) in [6.07, 6.45) is 2.78. The average Bonchev–Trinajstić information content (AvgIpc) is 2.55. The van der Waals surface area contributed by atoms with Crippen LogP contribution in [0.4, 0.5) is 0 Å². The number of unbranched alkanes of at least 4 members (excludes halogenated alkanes) is 1. The fourth-order valence-electron chi connectivity index (χ4n) is 2.24. The molecule has 0 aromatic heterocycles. The van der Waals surface area contributed by atoms with Crippen molar-refractivity contribution in [2.75, 3.05) is 32.8 Å². The molecule has 0 unspecified atom stereocenters. The van der Waals surface area contributed by atoms with Gasteiger partial charge in [0.1, 0.15) is 5.75 Å². The quantitative estimate of drug-likeness (QED) is 0.560. The highest BCUT2D eigenvalue weighted by atomic mass is 32.2. The summed E-state index contributed by atoms with van der Waals surface area (Å²) in [5, 5.41) is 0. The highest BCUT2D eigenvalue weighted by molar-refractivity contribution is 7.89. The van der Waals surface area contributed by atoms with Crippen LogP contribution in [-0.4, -0.2) is 56.8 Å². The van der Waals surface area contributed by atoms with E-state index in [1.54, 1.807) is 29.2 Å². The molecule has 1 aromatic rings. The number of sulfonamides is 1. The second-order valence-electron chi connectivity index (χ2n) is 5.22. The third kappa shape index (κ3) is 3.98. The fourth-order valence-corrected chi connectivity index (χ4v) is 3.66. The summed E-state index contributed by atoms with van der Waals surface area (Å²) >= 11 is 0. The van der Waals surface area contributed by atoms with E-state index in [0.717, 1.165) is 19.3 Å². The van der Waals surface area contributed by atoms with E-state index in [1.165, 1.54) is 4.31 Å². The summed E-state index contributed by atoms with van der Waals surface area (Å²) in [5.41, 5.74) is 0. The van der Waals surface area contributed by atoms with Crippen molar-refractivity contribution in [2.45, 2.75) is 24.7 Å². The van der Waals surface area contributed by atoms with Crippen LogP contribution in [0, 0.1) is 0 Å². The second kappa shape index (κ2) is 7.60. The minimum atomic E-state index is -3.50. The largest absolute Gasteiger partial charge is 0.494 e. The van der Waals surface area contributed by atoms with Gasteiger partial charge >= 0.3 is 0 Å². The Hall–Kier alpha value is -1.60. The lowest BCUT2D eigenvalue weighted by atomic mass is 10.3. The summed E-state index contributed by atoms with van der Waals surface area (Å²) in [5.74, 6) is 0.679. The van der Waals surface area contributed by atoms with Crippen molar-refractivity contribution >= 4 is 16.4 Å². The smallest absolute Gasteiger partial charge is 0.243 e. The van der Waals surface area contributed by atoms with Crippen LogP contribution in [0.3, 0.4) is 0 Å². The number of rotatable bonds is 7. The van der Waals surface area contributed by atoms with E-state index in [2.05, 4.69) is 6.92 Å². The normalized spacial score (nSPS) is 16.5. The van der Waals surface area contributed by atoms with E-state index in [4.69, 9.17) is 4.74 Å². The molecule has 0 bridgehead atoms. The minimum Gasteiger partial charge on any atom is -0.494 e. The van der Waals surface area contributed by atoms with Gasteiger partial charge in [-0.15, -0.1) is 0 Å². The van der Waals surface area contributed by atoms with Crippen LogP contribution >= 0.6 is 0 Å². The average molecular weight is 326 g/mol. The molecule has 1 saturated heterocycles. The zero-order chi connectivity index (χ0) is 16.0. The minimum absolute atomic E-state index is 0.259. The number of hydrogen-bond donors (Lipinski definition) is 0. The topological polar surface area (TPSA) is 66.9 Å². The summed E-state index contributed by atoms with van der Waals surface area (Å²) < 4.78 is 32.0. The van der Waals surface area contributed by atoms with Gasteiger partial charge in [-0.2, -0.15) is 4.31 Å². The van der Waals surface area contributed by atoms with Gasteiger partial charge in [0.25, 0.3) is 0 Å². The standard InChI is InChI=1S/C15H22N2O4S/c1-2-3-12-21-14-4-6-15(7-5-14)22(19,20)17-10-8-16(13-18)9-11-17/h4-7,13H,2-3,8-12H2,1H3. The first-order valence-corrected chi connectivity index (χ1v) is 8.94. The summed E-state index contributed by atoms with van der Waals surface area (Å²) in [7, 11) is -3.50. The van der Waals surface area contributed by atoms with Crippen molar-refractivity contribution in [3.63, 3.8) is 0 Å². The Kier molecular flexibility index (Phi) is 5.79. The number of amides is 1. The van der Waals surface area contributed by atoms with Crippen LogP contribution in [0.1, 0.15) is 19.8 Å². The van der Waals surface area contributed by atoms with Crippen LogP contribution < -0.4 is 4.74 Å². The first-order chi connectivity index (χ1) is 10.6. The van der Waals surface area contributed by atoms with Crippen LogP contribution in [0.15, 0.2) is 29.2 Å². The first-order valence-electron chi connectivity index (χ1n) is 7.50. The number of carbonyl (C=O) groups excluding carboxylic acids is 1. The molecule has 0 saturated carbocycles. The number of carbonyl (C=O) groups is 1. The molecule has 1 aromatic carbocycles. The zero-order valence-corrected chi connectivity index (χ0v) is 13.6. The molecule has 0 N–H and O–H groups in total. The Morgan fingerprint density at radius 3 is 2.32 bits per heavy atom. The van der Waals surface area contributed by atoms with Crippen molar-refractivity contribution in [3.8, 4) is 5.75 Å². The molecule has 2 rings (SSSR count). The summed E-state index contributed by atoms with van der Waals surface area (Å²) in [4.78, 5) is 12.5. The Morgan fingerprint density at radius 1 is 1.14 bits per heavy atom. The zero-order valence-electron chi connectivity index (χ0n) is 12.8. The molecule has 1 heterocycles. The molecule has 0 atom stereocenters. The van der Waals surface area contributed by atoms with Gasteiger partial charge in [-0.3, -0.25) is 4.79 Å². The first kappa shape index (κ1) is 16.8. The van der Waals surface area contributed by atoms with Crippen molar-refractivity contribution in [1.82, 2.24) is 9.21 Å². The number of benzene rings is 1. The monoisotopic (exact) mass is 326 g/mol. The Balaban J connectivity index is 2.02. The summed E-state index contributed by atoms with van der Waals surface area (Å²) in [6, 6.07) is 6.51. The Morgan fingerprint density at radius 2 is 1.77 bits per heavy atom. The van der Waals surface area contributed by atoms with Crippen molar-refractivity contribution in [3.05, 3.63) is 24.3 Å². The molecule has 7 heteroatoms. The lowest BCUT2D eigenvalue weighted by molar-refractivity contribution is -0.119. The molecule has 1 aliphatic heterocycles. The molecular formula is C15H22N2O4S. The Bertz CT molecular complexity index is 578. The fraction of sp³-hybridized carbons (Fsp3) is 0.533.